The third kappa shape index (κ3) is 4.89. The average molecular weight is 364 g/mol. The lowest BCUT2D eigenvalue weighted by atomic mass is 9.90. The van der Waals surface area contributed by atoms with Crippen molar-refractivity contribution in [1.82, 2.24) is 4.90 Å². The first kappa shape index (κ1) is 19.4. The van der Waals surface area contributed by atoms with E-state index in [-0.39, 0.29) is 11.5 Å². The summed E-state index contributed by atoms with van der Waals surface area (Å²) in [5.74, 6) is -0.327. The maximum Gasteiger partial charge on any atom is 0.148 e. The summed E-state index contributed by atoms with van der Waals surface area (Å²) in [6, 6.07) is 4.52. The number of nitrogens with zero attached hydrogens (tertiary/aromatic N) is 1. The minimum Gasteiger partial charge on any atom is -0.395 e. The Kier molecular flexibility index (Phi) is 6.76. The second kappa shape index (κ2) is 9.05. The summed E-state index contributed by atoms with van der Waals surface area (Å²) in [4.78, 5) is 2.65. The fraction of sp³-hybridized carbons (Fsp3) is 0.714. The molecule has 5 heteroatoms. The van der Waals surface area contributed by atoms with Gasteiger partial charge in [-0.25, -0.2) is 4.39 Å². The number of ether oxygens (including phenoxy) is 1. The van der Waals surface area contributed by atoms with Gasteiger partial charge in [0.2, 0.25) is 0 Å². The van der Waals surface area contributed by atoms with Crippen molar-refractivity contribution in [2.45, 2.75) is 77.0 Å². The van der Waals surface area contributed by atoms with Gasteiger partial charge in [-0.05, 0) is 69.6 Å². The van der Waals surface area contributed by atoms with E-state index >= 15 is 0 Å². The Labute approximate surface area is 157 Å². The summed E-state index contributed by atoms with van der Waals surface area (Å²) in [5.41, 5.74) is 7.79. The molecule has 0 atom stereocenters. The lowest BCUT2D eigenvalue weighted by Gasteiger charge is -2.41. The van der Waals surface area contributed by atoms with Crippen molar-refractivity contribution in [1.29, 1.82) is 0 Å². The molecule has 2 aliphatic rings. The van der Waals surface area contributed by atoms with Crippen LogP contribution in [0.4, 0.5) is 15.8 Å². The molecule has 4 nitrogen and oxygen atoms in total. The maximum absolute atomic E-state index is 13.8. The topological polar surface area (TPSA) is 50.5 Å². The van der Waals surface area contributed by atoms with E-state index < -0.39 is 0 Å². The van der Waals surface area contributed by atoms with Crippen molar-refractivity contribution in [2.24, 2.45) is 0 Å². The third-order valence-corrected chi connectivity index (χ3v) is 5.88. The average Bonchev–Trinajstić information content (AvgIpc) is 2.65. The van der Waals surface area contributed by atoms with E-state index in [2.05, 4.69) is 17.1 Å². The Morgan fingerprint density at radius 3 is 2.50 bits per heavy atom. The zero-order valence-corrected chi connectivity index (χ0v) is 16.3. The van der Waals surface area contributed by atoms with Crippen LogP contribution in [0.5, 0.6) is 0 Å². The molecule has 3 N–H and O–H groups in total. The molecule has 1 heterocycles. The number of halogens is 1. The summed E-state index contributed by atoms with van der Waals surface area (Å²) >= 11 is 0. The normalized spacial score (nSPS) is 25.3. The molecule has 1 aromatic rings. The molecule has 1 aromatic carbocycles. The monoisotopic (exact) mass is 363 g/mol. The van der Waals surface area contributed by atoms with Crippen LogP contribution in [0.2, 0.25) is 0 Å². The highest BCUT2D eigenvalue weighted by atomic mass is 19.1. The van der Waals surface area contributed by atoms with E-state index in [0.717, 1.165) is 50.2 Å². The second-order valence-electron chi connectivity index (χ2n) is 7.96. The number of hydrogen-bond donors (Lipinski definition) is 2. The molecule has 26 heavy (non-hydrogen) atoms. The smallest absolute Gasteiger partial charge is 0.148 e. The van der Waals surface area contributed by atoms with Gasteiger partial charge < -0.3 is 20.7 Å². The molecule has 0 radical (unpaired) electrons. The van der Waals surface area contributed by atoms with E-state index in [9.17, 15) is 4.39 Å². The van der Waals surface area contributed by atoms with E-state index in [1.54, 1.807) is 0 Å². The van der Waals surface area contributed by atoms with Crippen molar-refractivity contribution < 1.29 is 9.13 Å². The van der Waals surface area contributed by atoms with Gasteiger partial charge in [-0.3, -0.25) is 0 Å². The zero-order chi connectivity index (χ0) is 18.5. The Bertz CT molecular complexity index is 579. The SMILES string of the molecule is CCCOC1CCC(N2CCC(Nc3cc(C)cc(F)c3N)CC2)CC1. The quantitative estimate of drug-likeness (QED) is 0.739. The highest BCUT2D eigenvalue weighted by Crippen LogP contribution is 2.30. The molecule has 2 fully saturated rings. The first-order chi connectivity index (χ1) is 12.6. The van der Waals surface area contributed by atoms with Gasteiger partial charge in [-0.2, -0.15) is 0 Å². The molecule has 1 saturated heterocycles. The van der Waals surface area contributed by atoms with Crippen LogP contribution in [0.25, 0.3) is 0 Å². The number of nitrogens with two attached hydrogens (primary N) is 1. The second-order valence-corrected chi connectivity index (χ2v) is 7.96. The lowest BCUT2D eigenvalue weighted by molar-refractivity contribution is 0.00428. The van der Waals surface area contributed by atoms with Crippen LogP contribution in [0.1, 0.15) is 57.4 Å². The van der Waals surface area contributed by atoms with E-state index in [4.69, 9.17) is 10.5 Å². The summed E-state index contributed by atoms with van der Waals surface area (Å²) in [7, 11) is 0. The molecular weight excluding hydrogens is 329 g/mol. The predicted molar refractivity (Wildman–Crippen MR) is 106 cm³/mol. The van der Waals surface area contributed by atoms with Gasteiger partial charge in [0.05, 0.1) is 17.5 Å². The number of hydrogen-bond acceptors (Lipinski definition) is 4. The van der Waals surface area contributed by atoms with Crippen molar-refractivity contribution in [3.8, 4) is 0 Å². The summed E-state index contributed by atoms with van der Waals surface area (Å²) in [5, 5.41) is 3.47. The molecule has 0 bridgehead atoms. The summed E-state index contributed by atoms with van der Waals surface area (Å²) < 4.78 is 19.7. The summed E-state index contributed by atoms with van der Waals surface area (Å²) in [6.45, 7) is 7.18. The Hall–Kier alpha value is -1.33. The Balaban J connectivity index is 1.45. The minimum atomic E-state index is -0.327. The van der Waals surface area contributed by atoms with Gasteiger partial charge in [0.15, 0.2) is 0 Å². The van der Waals surface area contributed by atoms with Gasteiger partial charge >= 0.3 is 0 Å². The third-order valence-electron chi connectivity index (χ3n) is 5.88. The van der Waals surface area contributed by atoms with Crippen LogP contribution < -0.4 is 11.1 Å². The van der Waals surface area contributed by atoms with Crippen molar-refractivity contribution in [2.75, 3.05) is 30.7 Å². The van der Waals surface area contributed by atoms with E-state index in [0.29, 0.717) is 18.2 Å². The number of likely N-dealkylation sites (tertiary alicyclic amines) is 1. The zero-order valence-electron chi connectivity index (χ0n) is 16.3. The van der Waals surface area contributed by atoms with Crippen molar-refractivity contribution >= 4 is 11.4 Å². The van der Waals surface area contributed by atoms with Crippen LogP contribution in [-0.4, -0.2) is 42.8 Å². The Morgan fingerprint density at radius 2 is 1.85 bits per heavy atom. The van der Waals surface area contributed by atoms with Gasteiger partial charge in [0, 0.05) is 31.8 Å². The van der Waals surface area contributed by atoms with Crippen LogP contribution in [-0.2, 0) is 4.74 Å². The molecule has 0 aromatic heterocycles. The molecule has 3 rings (SSSR count). The molecule has 146 valence electrons. The number of anilines is 2. The van der Waals surface area contributed by atoms with Crippen LogP contribution in [0.15, 0.2) is 12.1 Å². The number of piperidine rings is 1. The van der Waals surface area contributed by atoms with Crippen LogP contribution in [0.3, 0.4) is 0 Å². The van der Waals surface area contributed by atoms with Crippen molar-refractivity contribution in [3.05, 3.63) is 23.5 Å². The van der Waals surface area contributed by atoms with Crippen molar-refractivity contribution in [3.63, 3.8) is 0 Å². The summed E-state index contributed by atoms with van der Waals surface area (Å²) in [6.07, 6.45) is 8.65. The number of aryl methyl sites for hydroxylation is 1. The maximum atomic E-state index is 13.8. The number of nitrogens with one attached hydrogen (secondary N) is 1. The first-order valence-corrected chi connectivity index (χ1v) is 10.2. The Morgan fingerprint density at radius 1 is 1.15 bits per heavy atom. The molecule has 1 aliphatic carbocycles. The molecule has 0 spiro atoms. The fourth-order valence-electron chi connectivity index (χ4n) is 4.36. The number of benzene rings is 1. The molecular formula is C21H34FN3O. The first-order valence-electron chi connectivity index (χ1n) is 10.2. The molecule has 1 aliphatic heterocycles. The standard InChI is InChI=1S/C21H34FN3O/c1-3-12-26-18-6-4-17(5-7-18)25-10-8-16(9-11-25)24-20-14-15(2)13-19(22)21(20)23/h13-14,16-18,24H,3-12,23H2,1-2H3. The number of nitrogen functional groups attached to an aromatic ring is 1. The molecule has 1 saturated carbocycles. The van der Waals surface area contributed by atoms with Crippen LogP contribution in [0, 0.1) is 12.7 Å². The fourth-order valence-corrected chi connectivity index (χ4v) is 4.36. The number of rotatable bonds is 6. The molecule has 0 unspecified atom stereocenters. The largest absolute Gasteiger partial charge is 0.395 e. The van der Waals surface area contributed by atoms with Gasteiger partial charge in [-0.1, -0.05) is 6.92 Å². The van der Waals surface area contributed by atoms with E-state index in [1.807, 2.05) is 13.0 Å². The minimum absolute atomic E-state index is 0.239. The van der Waals surface area contributed by atoms with Crippen LogP contribution >= 0.6 is 0 Å². The van der Waals surface area contributed by atoms with E-state index in [1.165, 1.54) is 31.7 Å². The molecule has 0 amide bonds. The van der Waals surface area contributed by atoms with Gasteiger partial charge in [-0.15, -0.1) is 0 Å². The lowest BCUT2D eigenvalue weighted by Crippen LogP contribution is -2.46. The highest BCUT2D eigenvalue weighted by Gasteiger charge is 2.29. The van der Waals surface area contributed by atoms with Gasteiger partial charge in [0.1, 0.15) is 5.82 Å². The predicted octanol–water partition coefficient (Wildman–Crippen LogP) is 4.33. The highest BCUT2D eigenvalue weighted by molar-refractivity contribution is 5.68. The van der Waals surface area contributed by atoms with Gasteiger partial charge in [0.25, 0.3) is 0 Å².